The summed E-state index contributed by atoms with van der Waals surface area (Å²) >= 11 is 0. The SMILES string of the molecule is O=C(NCCC[NH+]1CCOCC1)c1cc(-c2ccccc2)on1. The van der Waals surface area contributed by atoms with E-state index in [4.69, 9.17) is 9.26 Å². The summed E-state index contributed by atoms with van der Waals surface area (Å²) in [6.07, 6.45) is 0.949. The van der Waals surface area contributed by atoms with E-state index in [1.54, 1.807) is 11.0 Å². The predicted molar refractivity (Wildman–Crippen MR) is 85.3 cm³/mol. The molecule has 2 aromatic rings. The smallest absolute Gasteiger partial charge is 0.273 e. The number of hydrogen-bond donors (Lipinski definition) is 2. The van der Waals surface area contributed by atoms with Gasteiger partial charge in [-0.1, -0.05) is 35.5 Å². The van der Waals surface area contributed by atoms with E-state index in [0.717, 1.165) is 44.8 Å². The zero-order valence-corrected chi connectivity index (χ0v) is 13.1. The zero-order valence-electron chi connectivity index (χ0n) is 13.1. The summed E-state index contributed by atoms with van der Waals surface area (Å²) in [7, 11) is 0. The Labute approximate surface area is 135 Å². The van der Waals surface area contributed by atoms with Crippen molar-refractivity contribution in [3.63, 3.8) is 0 Å². The van der Waals surface area contributed by atoms with Crippen LogP contribution in [0.2, 0.25) is 0 Å². The first-order valence-electron chi connectivity index (χ1n) is 8.04. The van der Waals surface area contributed by atoms with E-state index in [0.29, 0.717) is 18.0 Å². The largest absolute Gasteiger partial charge is 0.370 e. The molecule has 2 heterocycles. The van der Waals surface area contributed by atoms with Gasteiger partial charge in [0, 0.05) is 24.6 Å². The molecule has 6 nitrogen and oxygen atoms in total. The molecule has 1 saturated heterocycles. The lowest BCUT2D eigenvalue weighted by Crippen LogP contribution is -3.14. The number of quaternary nitrogens is 1. The molecule has 3 rings (SSSR count). The van der Waals surface area contributed by atoms with Crippen LogP contribution in [0.3, 0.4) is 0 Å². The van der Waals surface area contributed by atoms with E-state index in [2.05, 4.69) is 10.5 Å². The molecule has 1 aliphatic rings. The fourth-order valence-corrected chi connectivity index (χ4v) is 2.66. The lowest BCUT2D eigenvalue weighted by molar-refractivity contribution is -0.908. The first-order chi connectivity index (χ1) is 11.3. The van der Waals surface area contributed by atoms with Gasteiger partial charge < -0.3 is 19.5 Å². The Bertz CT molecular complexity index is 621. The van der Waals surface area contributed by atoms with E-state index in [-0.39, 0.29) is 5.91 Å². The summed E-state index contributed by atoms with van der Waals surface area (Å²) in [6.45, 7) is 5.48. The molecular weight excluding hydrogens is 294 g/mol. The van der Waals surface area contributed by atoms with Crippen molar-refractivity contribution in [3.8, 4) is 11.3 Å². The summed E-state index contributed by atoms with van der Waals surface area (Å²) in [6, 6.07) is 11.3. The highest BCUT2D eigenvalue weighted by atomic mass is 16.5. The van der Waals surface area contributed by atoms with Crippen LogP contribution in [0.25, 0.3) is 11.3 Å². The van der Waals surface area contributed by atoms with Gasteiger partial charge in [-0.05, 0) is 0 Å². The summed E-state index contributed by atoms with van der Waals surface area (Å²) < 4.78 is 10.6. The van der Waals surface area contributed by atoms with Crippen molar-refractivity contribution >= 4 is 5.91 Å². The maximum absolute atomic E-state index is 12.1. The number of nitrogens with zero attached hydrogens (tertiary/aromatic N) is 1. The van der Waals surface area contributed by atoms with Crippen LogP contribution >= 0.6 is 0 Å². The van der Waals surface area contributed by atoms with E-state index in [9.17, 15) is 4.79 Å². The number of rotatable bonds is 6. The van der Waals surface area contributed by atoms with Crippen molar-refractivity contribution in [1.82, 2.24) is 10.5 Å². The summed E-state index contributed by atoms with van der Waals surface area (Å²) in [4.78, 5) is 13.6. The van der Waals surface area contributed by atoms with Crippen LogP contribution in [0.1, 0.15) is 16.9 Å². The minimum absolute atomic E-state index is 0.187. The summed E-state index contributed by atoms with van der Waals surface area (Å²) in [5.41, 5.74) is 1.23. The van der Waals surface area contributed by atoms with Crippen LogP contribution in [0, 0.1) is 0 Å². The normalized spacial score (nSPS) is 15.5. The second-order valence-electron chi connectivity index (χ2n) is 5.66. The van der Waals surface area contributed by atoms with Gasteiger partial charge >= 0.3 is 0 Å². The lowest BCUT2D eigenvalue weighted by Gasteiger charge is -2.23. The van der Waals surface area contributed by atoms with Gasteiger partial charge in [-0.25, -0.2) is 0 Å². The molecule has 23 heavy (non-hydrogen) atoms. The average Bonchev–Trinajstić information content (AvgIpc) is 3.10. The second kappa shape index (κ2) is 7.89. The van der Waals surface area contributed by atoms with Gasteiger partial charge in [0.15, 0.2) is 11.5 Å². The molecule has 0 aliphatic carbocycles. The first-order valence-corrected chi connectivity index (χ1v) is 8.04. The molecule has 2 N–H and O–H groups in total. The number of ether oxygens (including phenoxy) is 1. The minimum Gasteiger partial charge on any atom is -0.370 e. The molecule has 1 amide bonds. The van der Waals surface area contributed by atoms with Crippen LogP contribution in [0.5, 0.6) is 0 Å². The van der Waals surface area contributed by atoms with Gasteiger partial charge in [-0.3, -0.25) is 4.79 Å². The molecule has 6 heteroatoms. The van der Waals surface area contributed by atoms with Crippen molar-refractivity contribution in [2.24, 2.45) is 0 Å². The van der Waals surface area contributed by atoms with E-state index in [1.165, 1.54) is 0 Å². The van der Waals surface area contributed by atoms with Crippen LogP contribution < -0.4 is 10.2 Å². The van der Waals surface area contributed by atoms with Gasteiger partial charge in [0.1, 0.15) is 13.1 Å². The second-order valence-corrected chi connectivity index (χ2v) is 5.66. The Balaban J connectivity index is 1.44. The van der Waals surface area contributed by atoms with E-state index < -0.39 is 0 Å². The average molecular weight is 316 g/mol. The maximum atomic E-state index is 12.1. The molecular formula is C17H22N3O3+. The van der Waals surface area contributed by atoms with Crippen molar-refractivity contribution in [1.29, 1.82) is 0 Å². The van der Waals surface area contributed by atoms with Crippen molar-refractivity contribution < 1.29 is 19.0 Å². The maximum Gasteiger partial charge on any atom is 0.273 e. The molecule has 1 aromatic carbocycles. The van der Waals surface area contributed by atoms with Gasteiger partial charge in [-0.15, -0.1) is 0 Å². The Kier molecular flexibility index (Phi) is 5.39. The van der Waals surface area contributed by atoms with Crippen LogP contribution in [-0.4, -0.2) is 50.5 Å². The third-order valence-corrected chi connectivity index (χ3v) is 3.99. The number of hydrogen-bond acceptors (Lipinski definition) is 4. The Morgan fingerprint density at radius 1 is 1.22 bits per heavy atom. The summed E-state index contributed by atoms with van der Waals surface area (Å²) in [5, 5.41) is 6.75. The summed E-state index contributed by atoms with van der Waals surface area (Å²) in [5.74, 6) is 0.418. The molecule has 1 aromatic heterocycles. The molecule has 0 spiro atoms. The number of carbonyl (C=O) groups excluding carboxylic acids is 1. The fourth-order valence-electron chi connectivity index (χ4n) is 2.66. The molecule has 0 radical (unpaired) electrons. The quantitative estimate of drug-likeness (QED) is 0.756. The monoisotopic (exact) mass is 316 g/mol. The molecule has 1 aliphatic heterocycles. The number of amides is 1. The van der Waals surface area contributed by atoms with Crippen LogP contribution in [0.4, 0.5) is 0 Å². The van der Waals surface area contributed by atoms with Crippen molar-refractivity contribution in [3.05, 3.63) is 42.1 Å². The number of morpholine rings is 1. The third-order valence-electron chi connectivity index (χ3n) is 3.99. The molecule has 1 fully saturated rings. The number of nitrogens with one attached hydrogen (secondary N) is 2. The topological polar surface area (TPSA) is 68.8 Å². The molecule has 0 bridgehead atoms. The van der Waals surface area contributed by atoms with E-state index in [1.807, 2.05) is 30.3 Å². The number of carbonyl (C=O) groups is 1. The fraction of sp³-hybridized carbons (Fsp3) is 0.412. The van der Waals surface area contributed by atoms with Gasteiger partial charge in [0.05, 0.1) is 19.8 Å². The highest BCUT2D eigenvalue weighted by Crippen LogP contribution is 2.19. The van der Waals surface area contributed by atoms with Gasteiger partial charge in [0.2, 0.25) is 0 Å². The minimum atomic E-state index is -0.187. The van der Waals surface area contributed by atoms with Crippen LogP contribution in [-0.2, 0) is 4.74 Å². The highest BCUT2D eigenvalue weighted by molar-refractivity contribution is 5.93. The standard InChI is InChI=1S/C17H21N3O3/c21-17(18-7-4-8-20-9-11-22-12-10-20)15-13-16(23-19-15)14-5-2-1-3-6-14/h1-3,5-6,13H,4,7-12H2,(H,18,21)/p+1. The number of aromatic nitrogens is 1. The highest BCUT2D eigenvalue weighted by Gasteiger charge is 2.15. The number of benzene rings is 1. The van der Waals surface area contributed by atoms with Gasteiger partial charge in [-0.2, -0.15) is 0 Å². The molecule has 0 atom stereocenters. The first kappa shape index (κ1) is 15.7. The Morgan fingerprint density at radius 2 is 2.00 bits per heavy atom. The molecule has 0 unspecified atom stereocenters. The third kappa shape index (κ3) is 4.40. The van der Waals surface area contributed by atoms with Gasteiger partial charge in [0.25, 0.3) is 5.91 Å². The van der Waals surface area contributed by atoms with Crippen molar-refractivity contribution in [2.45, 2.75) is 6.42 Å². The molecule has 0 saturated carbocycles. The Morgan fingerprint density at radius 3 is 2.78 bits per heavy atom. The zero-order chi connectivity index (χ0) is 15.9. The van der Waals surface area contributed by atoms with Crippen LogP contribution in [0.15, 0.2) is 40.9 Å². The van der Waals surface area contributed by atoms with Crippen molar-refractivity contribution in [2.75, 3.05) is 39.4 Å². The lowest BCUT2D eigenvalue weighted by atomic mass is 10.1. The molecule has 122 valence electrons. The Hall–Kier alpha value is -2.18. The predicted octanol–water partition coefficient (Wildman–Crippen LogP) is 0.377. The van der Waals surface area contributed by atoms with E-state index >= 15 is 0 Å².